The van der Waals surface area contributed by atoms with E-state index in [9.17, 15) is 14.0 Å². The Labute approximate surface area is 152 Å². The van der Waals surface area contributed by atoms with Crippen LogP contribution in [0.1, 0.15) is 34.6 Å². The Morgan fingerprint density at radius 1 is 1.23 bits per heavy atom. The molecule has 0 atom stereocenters. The number of likely N-dealkylation sites (tertiary alicyclic amines) is 1. The summed E-state index contributed by atoms with van der Waals surface area (Å²) in [6.07, 6.45) is 1.66. The van der Waals surface area contributed by atoms with E-state index >= 15 is 0 Å². The van der Waals surface area contributed by atoms with Crippen LogP contribution in [0.25, 0.3) is 5.69 Å². The van der Waals surface area contributed by atoms with Gasteiger partial charge in [-0.05, 0) is 62.9 Å². The molecule has 2 aromatic rings. The zero-order chi connectivity index (χ0) is 18.7. The minimum atomic E-state index is -0.283. The van der Waals surface area contributed by atoms with E-state index in [0.717, 1.165) is 29.9 Å². The summed E-state index contributed by atoms with van der Waals surface area (Å²) in [6.45, 7) is 6.06. The number of amides is 1. The zero-order valence-electron chi connectivity index (χ0n) is 15.1. The number of hydrogen-bond acceptors (Lipinski definition) is 3. The summed E-state index contributed by atoms with van der Waals surface area (Å²) < 4.78 is 20.0. The van der Waals surface area contributed by atoms with Crippen LogP contribution in [0, 0.1) is 25.6 Å². The van der Waals surface area contributed by atoms with Gasteiger partial charge < -0.3 is 14.2 Å². The van der Waals surface area contributed by atoms with Crippen LogP contribution in [-0.4, -0.2) is 41.5 Å². The van der Waals surface area contributed by atoms with Crippen molar-refractivity contribution in [3.05, 3.63) is 53.1 Å². The fraction of sp³-hybridized carbons (Fsp3) is 0.400. The third-order valence-electron chi connectivity index (χ3n) is 5.05. The van der Waals surface area contributed by atoms with E-state index in [0.29, 0.717) is 37.6 Å². The maximum Gasteiger partial charge on any atom is 0.293 e. The number of rotatable bonds is 5. The van der Waals surface area contributed by atoms with Crippen LogP contribution < -0.4 is 0 Å². The molecule has 0 radical (unpaired) electrons. The topological polar surface area (TPSA) is 51.5 Å². The summed E-state index contributed by atoms with van der Waals surface area (Å²) in [5, 5.41) is 0. The van der Waals surface area contributed by atoms with Gasteiger partial charge in [-0.3, -0.25) is 9.59 Å². The van der Waals surface area contributed by atoms with Gasteiger partial charge in [0.2, 0.25) is 0 Å². The number of hydrogen-bond donors (Lipinski definition) is 0. The Kier molecular flexibility index (Phi) is 5.40. The molecule has 5 nitrogen and oxygen atoms in total. The molecule has 1 saturated heterocycles. The molecule has 1 fully saturated rings. The van der Waals surface area contributed by atoms with E-state index in [-0.39, 0.29) is 11.7 Å². The lowest BCUT2D eigenvalue weighted by Gasteiger charge is -2.31. The molecule has 1 aliphatic rings. The van der Waals surface area contributed by atoms with Crippen LogP contribution in [0.4, 0.5) is 4.39 Å². The quantitative estimate of drug-likeness (QED) is 0.771. The van der Waals surface area contributed by atoms with Crippen molar-refractivity contribution in [3.8, 4) is 5.69 Å². The average Bonchev–Trinajstić information content (AvgIpc) is 2.95. The molecule has 3 rings (SSSR count). The van der Waals surface area contributed by atoms with Crippen LogP contribution in [0.3, 0.4) is 0 Å². The first-order chi connectivity index (χ1) is 12.5. The number of carbonyl (C=O) groups is 2. The highest BCUT2D eigenvalue weighted by atomic mass is 19.1. The molecule has 138 valence electrons. The molecule has 2 heterocycles. The summed E-state index contributed by atoms with van der Waals surface area (Å²) >= 11 is 0. The van der Waals surface area contributed by atoms with Gasteiger partial charge in [-0.15, -0.1) is 0 Å². The normalized spacial score (nSPS) is 15.1. The standard InChI is InChI=1S/C20H23FN2O3/c1-14-11-19(15(2)23(14)18-5-3-17(21)4-6-18)20(25)22-9-7-16(8-10-22)12-26-13-24/h3-6,11,13,16H,7-10,12H2,1-2H3. The number of carbonyl (C=O) groups excluding carboxylic acids is 2. The predicted molar refractivity (Wildman–Crippen MR) is 95.8 cm³/mol. The van der Waals surface area contributed by atoms with Gasteiger partial charge in [0, 0.05) is 30.2 Å². The molecule has 1 aromatic carbocycles. The largest absolute Gasteiger partial charge is 0.468 e. The molecule has 1 aromatic heterocycles. The summed E-state index contributed by atoms with van der Waals surface area (Å²) in [6, 6.07) is 8.15. The van der Waals surface area contributed by atoms with Gasteiger partial charge in [-0.1, -0.05) is 0 Å². The Balaban J connectivity index is 1.76. The van der Waals surface area contributed by atoms with Crippen molar-refractivity contribution in [3.63, 3.8) is 0 Å². The molecule has 0 bridgehead atoms. The summed E-state index contributed by atoms with van der Waals surface area (Å²) in [4.78, 5) is 25.1. The number of halogens is 1. The lowest BCUT2D eigenvalue weighted by Crippen LogP contribution is -2.39. The highest BCUT2D eigenvalue weighted by molar-refractivity contribution is 5.96. The Bertz CT molecular complexity index is 790. The van der Waals surface area contributed by atoms with Gasteiger partial charge >= 0.3 is 0 Å². The third-order valence-corrected chi connectivity index (χ3v) is 5.05. The van der Waals surface area contributed by atoms with Gasteiger partial charge in [0.1, 0.15) is 5.82 Å². The van der Waals surface area contributed by atoms with E-state index < -0.39 is 0 Å². The fourth-order valence-electron chi connectivity index (χ4n) is 3.62. The molecular formula is C20H23FN2O3. The van der Waals surface area contributed by atoms with E-state index in [1.165, 1.54) is 12.1 Å². The number of aromatic nitrogens is 1. The molecule has 0 saturated carbocycles. The Morgan fingerprint density at radius 2 is 1.88 bits per heavy atom. The first-order valence-corrected chi connectivity index (χ1v) is 8.80. The zero-order valence-corrected chi connectivity index (χ0v) is 15.1. The molecule has 0 unspecified atom stereocenters. The van der Waals surface area contributed by atoms with Crippen molar-refractivity contribution in [2.45, 2.75) is 26.7 Å². The molecule has 26 heavy (non-hydrogen) atoms. The third kappa shape index (κ3) is 3.64. The maximum absolute atomic E-state index is 13.2. The molecule has 0 spiro atoms. The Hall–Kier alpha value is -2.63. The Morgan fingerprint density at radius 3 is 2.50 bits per heavy atom. The molecule has 6 heteroatoms. The molecule has 0 aliphatic carbocycles. The minimum Gasteiger partial charge on any atom is -0.468 e. The summed E-state index contributed by atoms with van der Waals surface area (Å²) in [5.41, 5.74) is 3.30. The van der Waals surface area contributed by atoms with E-state index in [1.807, 2.05) is 29.4 Å². The van der Waals surface area contributed by atoms with Gasteiger partial charge in [0.15, 0.2) is 0 Å². The van der Waals surface area contributed by atoms with Crippen LogP contribution in [0.15, 0.2) is 30.3 Å². The lowest BCUT2D eigenvalue weighted by molar-refractivity contribution is -0.130. The van der Waals surface area contributed by atoms with Crippen molar-refractivity contribution in [2.75, 3.05) is 19.7 Å². The first-order valence-electron chi connectivity index (χ1n) is 8.80. The van der Waals surface area contributed by atoms with Gasteiger partial charge in [0.05, 0.1) is 12.2 Å². The van der Waals surface area contributed by atoms with Crippen molar-refractivity contribution in [2.24, 2.45) is 5.92 Å². The van der Waals surface area contributed by atoms with Crippen molar-refractivity contribution < 1.29 is 18.7 Å². The van der Waals surface area contributed by atoms with Crippen LogP contribution >= 0.6 is 0 Å². The smallest absolute Gasteiger partial charge is 0.293 e. The van der Waals surface area contributed by atoms with Crippen molar-refractivity contribution in [1.29, 1.82) is 0 Å². The fourth-order valence-corrected chi connectivity index (χ4v) is 3.62. The van der Waals surface area contributed by atoms with Crippen molar-refractivity contribution in [1.82, 2.24) is 9.47 Å². The van der Waals surface area contributed by atoms with E-state index in [1.54, 1.807) is 12.1 Å². The first kappa shape index (κ1) is 18.2. The molecule has 0 N–H and O–H groups in total. The number of ether oxygens (including phenoxy) is 1. The monoisotopic (exact) mass is 358 g/mol. The average molecular weight is 358 g/mol. The SMILES string of the molecule is Cc1cc(C(=O)N2CCC(COC=O)CC2)c(C)n1-c1ccc(F)cc1. The number of benzene rings is 1. The molecule has 1 amide bonds. The number of aryl methyl sites for hydroxylation is 1. The maximum atomic E-state index is 13.2. The summed E-state index contributed by atoms with van der Waals surface area (Å²) in [7, 11) is 0. The van der Waals surface area contributed by atoms with Crippen LogP contribution in [0.2, 0.25) is 0 Å². The van der Waals surface area contributed by atoms with Crippen LogP contribution in [0.5, 0.6) is 0 Å². The minimum absolute atomic E-state index is 0.0150. The second-order valence-electron chi connectivity index (χ2n) is 6.76. The number of piperidine rings is 1. The highest BCUT2D eigenvalue weighted by Gasteiger charge is 2.26. The van der Waals surface area contributed by atoms with E-state index in [4.69, 9.17) is 4.74 Å². The second kappa shape index (κ2) is 7.72. The van der Waals surface area contributed by atoms with Gasteiger partial charge in [-0.2, -0.15) is 0 Å². The highest BCUT2D eigenvalue weighted by Crippen LogP contribution is 2.25. The molecule has 1 aliphatic heterocycles. The van der Waals surface area contributed by atoms with E-state index in [2.05, 4.69) is 0 Å². The summed E-state index contributed by atoms with van der Waals surface area (Å²) in [5.74, 6) is 0.0473. The van der Waals surface area contributed by atoms with Gasteiger partial charge in [0.25, 0.3) is 12.4 Å². The second-order valence-corrected chi connectivity index (χ2v) is 6.76. The van der Waals surface area contributed by atoms with Crippen LogP contribution in [-0.2, 0) is 9.53 Å². The number of nitrogens with zero attached hydrogens (tertiary/aromatic N) is 2. The van der Waals surface area contributed by atoms with Gasteiger partial charge in [-0.25, -0.2) is 4.39 Å². The lowest BCUT2D eigenvalue weighted by atomic mass is 9.97. The predicted octanol–water partition coefficient (Wildman–Crippen LogP) is 3.26. The molecular weight excluding hydrogens is 335 g/mol. The van der Waals surface area contributed by atoms with Crippen molar-refractivity contribution >= 4 is 12.4 Å².